The molecule has 23 heavy (non-hydrogen) atoms. The first-order valence-electron chi connectivity index (χ1n) is 8.38. The number of hydrogen-bond acceptors (Lipinski definition) is 2. The smallest absolute Gasteiger partial charge is 0.317 e. The van der Waals surface area contributed by atoms with Gasteiger partial charge in [0.25, 0.3) is 0 Å². The lowest BCUT2D eigenvalue weighted by Gasteiger charge is -2.20. The van der Waals surface area contributed by atoms with Gasteiger partial charge in [-0.3, -0.25) is 0 Å². The van der Waals surface area contributed by atoms with Gasteiger partial charge in [0.1, 0.15) is 0 Å². The Balaban J connectivity index is 1.36. The van der Waals surface area contributed by atoms with Gasteiger partial charge in [0.05, 0.1) is 0 Å². The molecule has 2 aliphatic heterocycles. The van der Waals surface area contributed by atoms with E-state index in [1.165, 1.54) is 5.39 Å². The highest BCUT2D eigenvalue weighted by molar-refractivity contribution is 5.81. The Labute approximate surface area is 136 Å². The summed E-state index contributed by atoms with van der Waals surface area (Å²) in [5, 5.41) is 4.28. The molecule has 0 spiro atoms. The van der Waals surface area contributed by atoms with Gasteiger partial charge in [0, 0.05) is 43.9 Å². The molecule has 2 N–H and O–H groups in total. The highest BCUT2D eigenvalue weighted by Crippen LogP contribution is 2.30. The maximum absolute atomic E-state index is 12.4. The van der Waals surface area contributed by atoms with Crippen LogP contribution in [0.4, 0.5) is 4.79 Å². The normalized spacial score (nSPS) is 24.3. The molecule has 122 valence electrons. The number of carbonyl (C=O) groups is 1. The summed E-state index contributed by atoms with van der Waals surface area (Å²) in [6, 6.07) is 8.52. The van der Waals surface area contributed by atoms with E-state index in [4.69, 9.17) is 0 Å². The fraction of sp³-hybridized carbons (Fsp3) is 0.500. The molecule has 2 aliphatic rings. The van der Waals surface area contributed by atoms with Gasteiger partial charge in [-0.15, -0.1) is 0 Å². The van der Waals surface area contributed by atoms with Gasteiger partial charge in [-0.2, -0.15) is 0 Å². The van der Waals surface area contributed by atoms with Gasteiger partial charge in [-0.25, -0.2) is 4.79 Å². The van der Waals surface area contributed by atoms with E-state index in [-0.39, 0.29) is 6.03 Å². The van der Waals surface area contributed by atoms with Crippen molar-refractivity contribution in [1.29, 1.82) is 0 Å². The first-order chi connectivity index (χ1) is 11.1. The summed E-state index contributed by atoms with van der Waals surface area (Å²) >= 11 is 0. The van der Waals surface area contributed by atoms with Crippen molar-refractivity contribution in [3.63, 3.8) is 0 Å². The summed E-state index contributed by atoms with van der Waals surface area (Å²) in [5.74, 6) is 1.31. The molecule has 0 unspecified atom stereocenters. The van der Waals surface area contributed by atoms with Gasteiger partial charge in [0.15, 0.2) is 0 Å². The third-order valence-electron chi connectivity index (χ3n) is 5.22. The zero-order chi connectivity index (χ0) is 16.0. The molecule has 5 nitrogen and oxygen atoms in total. The Bertz CT molecular complexity index is 724. The molecule has 2 fully saturated rings. The molecule has 0 aliphatic carbocycles. The summed E-state index contributed by atoms with van der Waals surface area (Å²) in [6.45, 7) is 6.69. The molecule has 0 radical (unpaired) electrons. The lowest BCUT2D eigenvalue weighted by atomic mass is 10.0. The number of rotatable bonds is 2. The molecule has 5 heteroatoms. The summed E-state index contributed by atoms with van der Waals surface area (Å²) in [5.41, 5.74) is 3.45. The number of urea groups is 1. The third-order valence-corrected chi connectivity index (χ3v) is 5.22. The zero-order valence-corrected chi connectivity index (χ0v) is 13.8. The van der Waals surface area contributed by atoms with Crippen molar-refractivity contribution in [3.8, 4) is 0 Å². The number of amides is 2. The highest BCUT2D eigenvalue weighted by Gasteiger charge is 2.40. The predicted octanol–water partition coefficient (Wildman–Crippen LogP) is 2.18. The summed E-state index contributed by atoms with van der Waals surface area (Å²) in [6.07, 6.45) is 0. The topological polar surface area (TPSA) is 51.4 Å². The average Bonchev–Trinajstić information content (AvgIpc) is 3.15. The molecule has 2 aromatic rings. The zero-order valence-electron chi connectivity index (χ0n) is 13.8. The number of nitrogens with zero attached hydrogens (tertiary/aromatic N) is 2. The Morgan fingerprint density at radius 3 is 2.70 bits per heavy atom. The second kappa shape index (κ2) is 5.57. The van der Waals surface area contributed by atoms with E-state index < -0.39 is 0 Å². The number of aromatic nitrogens is 1. The minimum atomic E-state index is 0.0763. The number of aromatic amines is 1. The molecule has 1 aromatic heterocycles. The van der Waals surface area contributed by atoms with E-state index in [1.54, 1.807) is 0 Å². The number of hydrogen-bond donors (Lipinski definition) is 2. The van der Waals surface area contributed by atoms with Gasteiger partial charge in [-0.05, 0) is 55.0 Å². The standard InChI is InChI=1S/C18H24N4O/c1-12-5-14-6-13(3-4-17(14)20-12)7-19-18(23)22-10-15-8-21(2)9-16(15)11-22/h3-6,15-16,20H,7-11H2,1-2H3,(H,19,23)/t15-,16+. The van der Waals surface area contributed by atoms with Crippen LogP contribution in [0.15, 0.2) is 24.3 Å². The van der Waals surface area contributed by atoms with Crippen LogP contribution in [0, 0.1) is 18.8 Å². The monoisotopic (exact) mass is 312 g/mol. The maximum atomic E-state index is 12.4. The van der Waals surface area contributed by atoms with E-state index in [9.17, 15) is 4.79 Å². The maximum Gasteiger partial charge on any atom is 0.317 e. The molecule has 2 saturated heterocycles. The fourth-order valence-corrected chi connectivity index (χ4v) is 4.12. The molecule has 0 bridgehead atoms. The van der Waals surface area contributed by atoms with Crippen LogP contribution < -0.4 is 5.32 Å². The molecule has 1 aromatic carbocycles. The Morgan fingerprint density at radius 2 is 1.96 bits per heavy atom. The van der Waals surface area contributed by atoms with E-state index >= 15 is 0 Å². The predicted molar refractivity (Wildman–Crippen MR) is 91.3 cm³/mol. The lowest BCUT2D eigenvalue weighted by Crippen LogP contribution is -2.39. The van der Waals surface area contributed by atoms with Gasteiger partial charge >= 0.3 is 6.03 Å². The van der Waals surface area contributed by atoms with Gasteiger partial charge < -0.3 is 20.1 Å². The number of nitrogens with one attached hydrogen (secondary N) is 2. The quantitative estimate of drug-likeness (QED) is 0.893. The minimum Gasteiger partial charge on any atom is -0.359 e. The number of likely N-dealkylation sites (tertiary alicyclic amines) is 2. The van der Waals surface area contributed by atoms with Gasteiger partial charge in [0.2, 0.25) is 0 Å². The number of carbonyl (C=O) groups excluding carboxylic acids is 1. The van der Waals surface area contributed by atoms with Crippen molar-refractivity contribution in [2.75, 3.05) is 33.2 Å². The Kier molecular flexibility index (Phi) is 3.53. The first-order valence-corrected chi connectivity index (χ1v) is 8.38. The van der Waals surface area contributed by atoms with Crippen LogP contribution in [0.2, 0.25) is 0 Å². The number of aryl methyl sites for hydroxylation is 1. The van der Waals surface area contributed by atoms with Crippen LogP contribution in [-0.2, 0) is 6.54 Å². The molecule has 0 saturated carbocycles. The van der Waals surface area contributed by atoms with Crippen LogP contribution in [0.1, 0.15) is 11.3 Å². The summed E-state index contributed by atoms with van der Waals surface area (Å²) < 4.78 is 0. The first kappa shape index (κ1) is 14.6. The van der Waals surface area contributed by atoms with Crippen LogP contribution in [0.25, 0.3) is 10.9 Å². The summed E-state index contributed by atoms with van der Waals surface area (Å²) in [4.78, 5) is 20.1. The Hall–Kier alpha value is -2.01. The molecule has 2 amide bonds. The second-order valence-electron chi connectivity index (χ2n) is 7.18. The van der Waals surface area contributed by atoms with Crippen molar-refractivity contribution < 1.29 is 4.79 Å². The number of fused-ring (bicyclic) bond motifs is 2. The van der Waals surface area contributed by atoms with Crippen molar-refractivity contribution in [3.05, 3.63) is 35.5 Å². The Morgan fingerprint density at radius 1 is 1.22 bits per heavy atom. The minimum absolute atomic E-state index is 0.0763. The van der Waals surface area contributed by atoms with E-state index in [0.29, 0.717) is 18.4 Å². The van der Waals surface area contributed by atoms with Crippen molar-refractivity contribution >= 4 is 16.9 Å². The average molecular weight is 312 g/mol. The SMILES string of the molecule is Cc1cc2cc(CNC(=O)N3C[C@H]4CN(C)C[C@H]4C3)ccc2[nH]1. The van der Waals surface area contributed by atoms with Crippen molar-refractivity contribution in [2.24, 2.45) is 11.8 Å². The molecular weight excluding hydrogens is 288 g/mol. The fourth-order valence-electron chi connectivity index (χ4n) is 4.12. The van der Waals surface area contributed by atoms with Crippen LogP contribution in [0.5, 0.6) is 0 Å². The lowest BCUT2D eigenvalue weighted by molar-refractivity contribution is 0.201. The highest BCUT2D eigenvalue weighted by atomic mass is 16.2. The van der Waals surface area contributed by atoms with E-state index in [0.717, 1.165) is 43.0 Å². The van der Waals surface area contributed by atoms with Crippen LogP contribution in [0.3, 0.4) is 0 Å². The van der Waals surface area contributed by atoms with E-state index in [2.05, 4.69) is 53.4 Å². The molecule has 2 atom stereocenters. The van der Waals surface area contributed by atoms with Crippen molar-refractivity contribution in [2.45, 2.75) is 13.5 Å². The molecule has 4 rings (SSSR count). The molecular formula is C18H24N4O. The number of H-pyrrole nitrogens is 1. The van der Waals surface area contributed by atoms with Crippen LogP contribution >= 0.6 is 0 Å². The number of benzene rings is 1. The van der Waals surface area contributed by atoms with Crippen LogP contribution in [-0.4, -0.2) is 54.0 Å². The van der Waals surface area contributed by atoms with Gasteiger partial charge in [-0.1, -0.05) is 6.07 Å². The third kappa shape index (κ3) is 2.81. The molecule has 3 heterocycles. The summed E-state index contributed by atoms with van der Waals surface area (Å²) in [7, 11) is 2.17. The second-order valence-corrected chi connectivity index (χ2v) is 7.18. The largest absolute Gasteiger partial charge is 0.359 e. The van der Waals surface area contributed by atoms with E-state index in [1.807, 2.05) is 4.90 Å². The van der Waals surface area contributed by atoms with Crippen molar-refractivity contribution in [1.82, 2.24) is 20.1 Å².